The van der Waals surface area contributed by atoms with Crippen molar-refractivity contribution in [3.63, 3.8) is 0 Å². The Morgan fingerprint density at radius 2 is 2.32 bits per heavy atom. The van der Waals surface area contributed by atoms with Crippen LogP contribution in [-0.4, -0.2) is 25.7 Å². The topological polar surface area (TPSA) is 72.7 Å². The second kappa shape index (κ2) is 4.79. The van der Waals surface area contributed by atoms with Gasteiger partial charge in [-0.2, -0.15) is 0 Å². The number of amides is 1. The Labute approximate surface area is 110 Å². The number of rotatable bonds is 3. The fraction of sp³-hybridized carbons (Fsp3) is 0.385. The van der Waals surface area contributed by atoms with Gasteiger partial charge in [-0.3, -0.25) is 9.78 Å². The van der Waals surface area contributed by atoms with E-state index in [9.17, 15) is 4.79 Å². The predicted octanol–water partition coefficient (Wildman–Crippen LogP) is 1.11. The van der Waals surface area contributed by atoms with Crippen LogP contribution in [0, 0.1) is 0 Å². The maximum absolute atomic E-state index is 12.0. The van der Waals surface area contributed by atoms with E-state index in [0.29, 0.717) is 5.69 Å². The van der Waals surface area contributed by atoms with Crippen molar-refractivity contribution in [1.29, 1.82) is 0 Å². The Kier molecular flexibility index (Phi) is 2.98. The number of nitrogens with zero attached hydrogens (tertiary/aromatic N) is 4. The Morgan fingerprint density at radius 1 is 1.42 bits per heavy atom. The van der Waals surface area contributed by atoms with Crippen molar-refractivity contribution in [3.8, 4) is 0 Å². The minimum atomic E-state index is -0.191. The number of hydrogen-bond acceptors (Lipinski definition) is 4. The molecule has 1 amide bonds. The van der Waals surface area contributed by atoms with Crippen LogP contribution in [0.3, 0.4) is 0 Å². The highest BCUT2D eigenvalue weighted by Crippen LogP contribution is 2.19. The van der Waals surface area contributed by atoms with Crippen LogP contribution in [0.2, 0.25) is 0 Å². The predicted molar refractivity (Wildman–Crippen MR) is 68.5 cm³/mol. The third-order valence-corrected chi connectivity index (χ3v) is 3.27. The molecular weight excluding hydrogens is 242 g/mol. The van der Waals surface area contributed by atoms with Gasteiger partial charge in [0.25, 0.3) is 5.91 Å². The lowest BCUT2D eigenvalue weighted by molar-refractivity contribution is 0.0932. The number of carbonyl (C=O) groups excluding carboxylic acids is 1. The fourth-order valence-corrected chi connectivity index (χ4v) is 2.33. The first-order valence-corrected chi connectivity index (χ1v) is 6.39. The van der Waals surface area contributed by atoms with Crippen LogP contribution >= 0.6 is 0 Å². The Morgan fingerprint density at radius 3 is 3.11 bits per heavy atom. The average molecular weight is 257 g/mol. The molecule has 0 radical (unpaired) electrons. The molecular formula is C13H15N5O. The van der Waals surface area contributed by atoms with Gasteiger partial charge in [-0.25, -0.2) is 0 Å². The molecule has 0 saturated carbocycles. The van der Waals surface area contributed by atoms with E-state index in [1.54, 1.807) is 24.4 Å². The molecule has 1 unspecified atom stereocenters. The van der Waals surface area contributed by atoms with Gasteiger partial charge in [0.1, 0.15) is 11.5 Å². The molecule has 0 aromatic carbocycles. The number of hydrogen-bond donors (Lipinski definition) is 1. The minimum Gasteiger partial charge on any atom is -0.341 e. The number of pyridine rings is 1. The molecule has 0 saturated heterocycles. The third-order valence-electron chi connectivity index (χ3n) is 3.27. The van der Waals surface area contributed by atoms with Crippen LogP contribution in [0.1, 0.15) is 41.5 Å². The molecule has 2 aromatic heterocycles. The molecule has 0 spiro atoms. The maximum atomic E-state index is 12.0. The van der Waals surface area contributed by atoms with Crippen molar-refractivity contribution in [3.05, 3.63) is 41.7 Å². The zero-order valence-corrected chi connectivity index (χ0v) is 10.7. The van der Waals surface area contributed by atoms with Crippen molar-refractivity contribution in [1.82, 2.24) is 25.1 Å². The summed E-state index contributed by atoms with van der Waals surface area (Å²) in [5.74, 6) is 1.63. The SMILES string of the molecule is CC(NC(=O)c1ccccn1)c1nnc2n1CCC2. The van der Waals surface area contributed by atoms with Gasteiger partial charge in [0.15, 0.2) is 5.82 Å². The molecule has 1 aliphatic heterocycles. The fourth-order valence-electron chi connectivity index (χ4n) is 2.33. The molecule has 3 heterocycles. The average Bonchev–Trinajstić information content (AvgIpc) is 3.01. The lowest BCUT2D eigenvalue weighted by atomic mass is 10.2. The molecule has 0 aliphatic carbocycles. The zero-order valence-electron chi connectivity index (χ0n) is 10.7. The van der Waals surface area contributed by atoms with E-state index in [-0.39, 0.29) is 11.9 Å². The summed E-state index contributed by atoms with van der Waals surface area (Å²) in [6.07, 6.45) is 3.67. The summed E-state index contributed by atoms with van der Waals surface area (Å²) in [6.45, 7) is 2.85. The van der Waals surface area contributed by atoms with E-state index in [1.807, 2.05) is 6.92 Å². The number of aryl methyl sites for hydroxylation is 1. The van der Waals surface area contributed by atoms with Gasteiger partial charge in [-0.15, -0.1) is 10.2 Å². The normalized spacial score (nSPS) is 15.0. The summed E-state index contributed by atoms with van der Waals surface area (Å²) in [4.78, 5) is 16.1. The van der Waals surface area contributed by atoms with Crippen molar-refractivity contribution in [2.45, 2.75) is 32.4 Å². The van der Waals surface area contributed by atoms with E-state index >= 15 is 0 Å². The minimum absolute atomic E-state index is 0.172. The van der Waals surface area contributed by atoms with Gasteiger partial charge in [0, 0.05) is 19.2 Å². The van der Waals surface area contributed by atoms with E-state index in [1.165, 1.54) is 0 Å². The molecule has 6 nitrogen and oxygen atoms in total. The third kappa shape index (κ3) is 2.21. The van der Waals surface area contributed by atoms with Gasteiger partial charge in [-0.1, -0.05) is 6.07 Å². The number of aromatic nitrogens is 4. The van der Waals surface area contributed by atoms with Crippen LogP contribution in [-0.2, 0) is 13.0 Å². The summed E-state index contributed by atoms with van der Waals surface area (Å²) < 4.78 is 2.09. The Bertz CT molecular complexity index is 592. The van der Waals surface area contributed by atoms with Crippen LogP contribution in [0.25, 0.3) is 0 Å². The first-order valence-electron chi connectivity index (χ1n) is 6.39. The summed E-state index contributed by atoms with van der Waals surface area (Å²) in [5, 5.41) is 11.2. The molecule has 19 heavy (non-hydrogen) atoms. The molecule has 2 aromatic rings. The highest BCUT2D eigenvalue weighted by atomic mass is 16.1. The summed E-state index contributed by atoms with van der Waals surface area (Å²) in [6, 6.07) is 5.09. The molecule has 0 bridgehead atoms. The maximum Gasteiger partial charge on any atom is 0.270 e. The standard InChI is InChI=1S/C13H15N5O/c1-9(12-17-16-11-6-4-8-18(11)12)15-13(19)10-5-2-3-7-14-10/h2-3,5,7,9H,4,6,8H2,1H3,(H,15,19). The van der Waals surface area contributed by atoms with Crippen LogP contribution in [0.4, 0.5) is 0 Å². The summed E-state index contributed by atoms with van der Waals surface area (Å²) >= 11 is 0. The second-order valence-electron chi connectivity index (χ2n) is 4.64. The van der Waals surface area contributed by atoms with E-state index in [4.69, 9.17) is 0 Å². The van der Waals surface area contributed by atoms with E-state index in [2.05, 4.69) is 25.1 Å². The van der Waals surface area contributed by atoms with Gasteiger partial charge in [0.05, 0.1) is 6.04 Å². The molecule has 1 atom stereocenters. The summed E-state index contributed by atoms with van der Waals surface area (Å²) in [7, 11) is 0. The molecule has 6 heteroatoms. The van der Waals surface area contributed by atoms with Crippen molar-refractivity contribution >= 4 is 5.91 Å². The molecule has 3 rings (SSSR count). The van der Waals surface area contributed by atoms with Gasteiger partial charge >= 0.3 is 0 Å². The highest BCUT2D eigenvalue weighted by molar-refractivity contribution is 5.92. The number of fused-ring (bicyclic) bond motifs is 1. The van der Waals surface area contributed by atoms with Crippen molar-refractivity contribution < 1.29 is 4.79 Å². The Hall–Kier alpha value is -2.24. The quantitative estimate of drug-likeness (QED) is 0.894. The van der Waals surface area contributed by atoms with Crippen LogP contribution in [0.5, 0.6) is 0 Å². The molecule has 1 aliphatic rings. The lowest BCUT2D eigenvalue weighted by Gasteiger charge is -2.13. The first kappa shape index (κ1) is 11.8. The van der Waals surface area contributed by atoms with Crippen molar-refractivity contribution in [2.75, 3.05) is 0 Å². The van der Waals surface area contributed by atoms with E-state index < -0.39 is 0 Å². The van der Waals surface area contributed by atoms with Gasteiger partial charge in [-0.05, 0) is 25.5 Å². The second-order valence-corrected chi connectivity index (χ2v) is 4.64. The Balaban J connectivity index is 1.75. The highest BCUT2D eigenvalue weighted by Gasteiger charge is 2.22. The smallest absolute Gasteiger partial charge is 0.270 e. The van der Waals surface area contributed by atoms with Crippen LogP contribution in [0.15, 0.2) is 24.4 Å². The van der Waals surface area contributed by atoms with Crippen LogP contribution < -0.4 is 5.32 Å². The number of nitrogens with one attached hydrogen (secondary N) is 1. The number of carbonyl (C=O) groups is 1. The first-order chi connectivity index (χ1) is 9.25. The van der Waals surface area contributed by atoms with Gasteiger partial charge < -0.3 is 9.88 Å². The van der Waals surface area contributed by atoms with Gasteiger partial charge in [0.2, 0.25) is 0 Å². The largest absolute Gasteiger partial charge is 0.341 e. The molecule has 0 fully saturated rings. The van der Waals surface area contributed by atoms with E-state index in [0.717, 1.165) is 31.0 Å². The molecule has 1 N–H and O–H groups in total. The lowest BCUT2D eigenvalue weighted by Crippen LogP contribution is -2.29. The summed E-state index contributed by atoms with van der Waals surface area (Å²) in [5.41, 5.74) is 0.413. The zero-order chi connectivity index (χ0) is 13.2. The van der Waals surface area contributed by atoms with Crippen molar-refractivity contribution in [2.24, 2.45) is 0 Å². The molecule has 98 valence electrons. The monoisotopic (exact) mass is 257 g/mol.